The molecule has 2 atom stereocenters. The molecule has 2 heterocycles. The molecule has 0 amide bonds. The van der Waals surface area contributed by atoms with Crippen molar-refractivity contribution in [3.8, 4) is 11.3 Å². The van der Waals surface area contributed by atoms with E-state index in [-0.39, 0.29) is 12.0 Å². The Bertz CT molecular complexity index is 739. The van der Waals surface area contributed by atoms with Crippen LogP contribution in [0.25, 0.3) is 11.3 Å². The van der Waals surface area contributed by atoms with E-state index in [4.69, 9.17) is 0 Å². The number of nitrogens with zero attached hydrogens (tertiary/aromatic N) is 2. The van der Waals surface area contributed by atoms with Crippen LogP contribution in [-0.4, -0.2) is 15.3 Å². The summed E-state index contributed by atoms with van der Waals surface area (Å²) in [5.41, 5.74) is 3.75. The van der Waals surface area contributed by atoms with Gasteiger partial charge in [-0.1, -0.05) is 24.3 Å². The first kappa shape index (κ1) is 12.6. The van der Waals surface area contributed by atoms with Gasteiger partial charge in [0.05, 0.1) is 24.3 Å². The van der Waals surface area contributed by atoms with Gasteiger partial charge in [-0.15, -0.1) is 0 Å². The van der Waals surface area contributed by atoms with Crippen LogP contribution in [0.4, 0.5) is 0 Å². The van der Waals surface area contributed by atoms with Crippen LogP contribution in [0, 0.1) is 17.8 Å². The fraction of sp³-hybridized carbons (Fsp3) is 0.474. The molecule has 0 saturated heterocycles. The largest absolute Gasteiger partial charge is 0.322 e. The van der Waals surface area contributed by atoms with Crippen molar-refractivity contribution in [2.24, 2.45) is 17.8 Å². The van der Waals surface area contributed by atoms with Gasteiger partial charge >= 0.3 is 0 Å². The molecule has 2 bridgehead atoms. The molecule has 1 aromatic heterocycles. The number of carbonyl (C=O) groups excluding carboxylic acids is 1. The van der Waals surface area contributed by atoms with Crippen LogP contribution < -0.4 is 0 Å². The predicted octanol–water partition coefficient (Wildman–Crippen LogP) is 3.85. The first-order valence-electron chi connectivity index (χ1n) is 8.48. The van der Waals surface area contributed by atoms with Crippen molar-refractivity contribution < 1.29 is 4.79 Å². The van der Waals surface area contributed by atoms with E-state index in [9.17, 15) is 4.79 Å². The molecule has 2 aromatic rings. The average Bonchev–Trinajstić information content (AvgIpc) is 3.06. The van der Waals surface area contributed by atoms with Gasteiger partial charge in [-0.2, -0.15) is 0 Å². The lowest BCUT2D eigenvalue weighted by Gasteiger charge is -2.25. The molecule has 0 spiro atoms. The standard InChI is InChI=1S/C19H20N2O/c22-19-13-7-5-12(6-8-13)9-16(19)18-15-4-2-1-3-14(15)17-10-20-11-21(17)18/h1-4,10-13,16,18H,5-9H2/t12?,13?,16-,18-/m0/s1. The maximum absolute atomic E-state index is 13.1. The third-order valence-electron chi connectivity index (χ3n) is 6.10. The minimum atomic E-state index is 0.136. The zero-order valence-electron chi connectivity index (χ0n) is 12.6. The highest BCUT2D eigenvalue weighted by atomic mass is 16.1. The van der Waals surface area contributed by atoms with Gasteiger partial charge in [0.25, 0.3) is 0 Å². The van der Waals surface area contributed by atoms with Crippen LogP contribution >= 0.6 is 0 Å². The summed E-state index contributed by atoms with van der Waals surface area (Å²) in [6, 6.07) is 8.71. The number of ketones is 1. The molecule has 1 aromatic carbocycles. The van der Waals surface area contributed by atoms with E-state index in [0.29, 0.717) is 11.7 Å². The molecule has 4 aliphatic rings. The van der Waals surface area contributed by atoms with E-state index in [1.807, 2.05) is 12.5 Å². The molecular weight excluding hydrogens is 272 g/mol. The number of imidazole rings is 1. The van der Waals surface area contributed by atoms with Crippen LogP contribution in [0.2, 0.25) is 0 Å². The second-order valence-electron chi connectivity index (χ2n) is 7.18. The highest BCUT2D eigenvalue weighted by Crippen LogP contribution is 2.49. The van der Waals surface area contributed by atoms with E-state index in [2.05, 4.69) is 33.8 Å². The van der Waals surface area contributed by atoms with Crippen LogP contribution in [0.3, 0.4) is 0 Å². The first-order chi connectivity index (χ1) is 10.8. The van der Waals surface area contributed by atoms with Crippen molar-refractivity contribution in [3.63, 3.8) is 0 Å². The third kappa shape index (κ3) is 1.62. The van der Waals surface area contributed by atoms with Crippen molar-refractivity contribution in [1.82, 2.24) is 9.55 Å². The van der Waals surface area contributed by atoms with Gasteiger partial charge in [0.1, 0.15) is 5.78 Å². The number of fused-ring (bicyclic) bond motifs is 7. The number of rotatable bonds is 1. The van der Waals surface area contributed by atoms with E-state index >= 15 is 0 Å². The molecule has 3 aliphatic carbocycles. The first-order valence-corrected chi connectivity index (χ1v) is 8.48. The molecule has 112 valence electrons. The fourth-order valence-electron chi connectivity index (χ4n) is 5.03. The zero-order chi connectivity index (χ0) is 14.7. The van der Waals surface area contributed by atoms with Crippen molar-refractivity contribution in [2.45, 2.75) is 38.1 Å². The smallest absolute Gasteiger partial charge is 0.141 e. The molecule has 3 fully saturated rings. The summed E-state index contributed by atoms with van der Waals surface area (Å²) in [6.45, 7) is 0. The molecule has 1 aliphatic heterocycles. The molecule has 0 radical (unpaired) electrons. The van der Waals surface area contributed by atoms with E-state index in [1.54, 1.807) is 0 Å². The SMILES string of the molecule is O=C1C2CCC(CC2)C[C@H]1[C@@H]1c2ccccc2-c2cncn21. The summed E-state index contributed by atoms with van der Waals surface area (Å²) in [5, 5.41) is 0. The Labute approximate surface area is 130 Å². The number of hydrogen-bond acceptors (Lipinski definition) is 2. The molecule has 0 N–H and O–H groups in total. The molecule has 22 heavy (non-hydrogen) atoms. The summed E-state index contributed by atoms with van der Waals surface area (Å²) in [5.74, 6) is 1.70. The maximum Gasteiger partial charge on any atom is 0.141 e. The number of benzene rings is 1. The Morgan fingerprint density at radius 3 is 2.77 bits per heavy atom. The van der Waals surface area contributed by atoms with Gasteiger partial charge in [0.15, 0.2) is 0 Å². The Kier molecular flexibility index (Phi) is 2.61. The maximum atomic E-state index is 13.1. The van der Waals surface area contributed by atoms with Crippen LogP contribution in [0.5, 0.6) is 0 Å². The lowest BCUT2D eigenvalue weighted by Crippen LogP contribution is -2.28. The normalized spacial score (nSPS) is 32.6. The van der Waals surface area contributed by atoms with E-state index in [1.165, 1.54) is 29.7 Å². The summed E-state index contributed by atoms with van der Waals surface area (Å²) in [7, 11) is 0. The molecular formula is C19H20N2O. The quantitative estimate of drug-likeness (QED) is 0.800. The number of carbonyl (C=O) groups is 1. The van der Waals surface area contributed by atoms with Crippen molar-refractivity contribution in [1.29, 1.82) is 0 Å². The Morgan fingerprint density at radius 1 is 1.09 bits per heavy atom. The Balaban J connectivity index is 1.65. The summed E-state index contributed by atoms with van der Waals surface area (Å²) < 4.78 is 2.25. The highest BCUT2D eigenvalue weighted by molar-refractivity contribution is 5.86. The molecule has 6 rings (SSSR count). The number of hydrogen-bond donors (Lipinski definition) is 0. The van der Waals surface area contributed by atoms with Gasteiger partial charge in [-0.3, -0.25) is 4.79 Å². The third-order valence-corrected chi connectivity index (χ3v) is 6.10. The lowest BCUT2D eigenvalue weighted by molar-refractivity contribution is -0.127. The van der Waals surface area contributed by atoms with Crippen LogP contribution in [0.15, 0.2) is 36.8 Å². The van der Waals surface area contributed by atoms with Gasteiger partial charge in [-0.05, 0) is 43.6 Å². The van der Waals surface area contributed by atoms with Gasteiger partial charge in [0, 0.05) is 17.4 Å². The predicted molar refractivity (Wildman–Crippen MR) is 84.4 cm³/mol. The second kappa shape index (κ2) is 4.55. The van der Waals surface area contributed by atoms with E-state index < -0.39 is 0 Å². The van der Waals surface area contributed by atoms with Crippen LogP contribution in [-0.2, 0) is 4.79 Å². The second-order valence-corrected chi connectivity index (χ2v) is 7.18. The zero-order valence-corrected chi connectivity index (χ0v) is 12.6. The monoisotopic (exact) mass is 292 g/mol. The fourth-order valence-corrected chi connectivity index (χ4v) is 5.03. The summed E-state index contributed by atoms with van der Waals surface area (Å²) >= 11 is 0. The number of Topliss-reactive ketones (excluding diaryl/α,β-unsaturated/α-hetero) is 1. The average molecular weight is 292 g/mol. The Hall–Kier alpha value is -1.90. The van der Waals surface area contributed by atoms with Crippen molar-refractivity contribution >= 4 is 5.78 Å². The van der Waals surface area contributed by atoms with Gasteiger partial charge in [0.2, 0.25) is 0 Å². The van der Waals surface area contributed by atoms with Crippen LogP contribution in [0.1, 0.15) is 43.7 Å². The molecule has 0 unspecified atom stereocenters. The number of aromatic nitrogens is 2. The summed E-state index contributed by atoms with van der Waals surface area (Å²) in [6.07, 6.45) is 9.65. The Morgan fingerprint density at radius 2 is 1.91 bits per heavy atom. The van der Waals surface area contributed by atoms with Crippen molar-refractivity contribution in [2.75, 3.05) is 0 Å². The topological polar surface area (TPSA) is 34.9 Å². The molecule has 3 saturated carbocycles. The minimum Gasteiger partial charge on any atom is -0.322 e. The molecule has 3 nitrogen and oxygen atoms in total. The summed E-state index contributed by atoms with van der Waals surface area (Å²) in [4.78, 5) is 17.4. The van der Waals surface area contributed by atoms with E-state index in [0.717, 1.165) is 25.2 Å². The highest BCUT2D eigenvalue weighted by Gasteiger charge is 2.44. The molecule has 3 heteroatoms. The lowest BCUT2D eigenvalue weighted by atomic mass is 9.83. The van der Waals surface area contributed by atoms with Crippen molar-refractivity contribution in [3.05, 3.63) is 42.4 Å². The van der Waals surface area contributed by atoms with Gasteiger partial charge in [-0.25, -0.2) is 4.98 Å². The van der Waals surface area contributed by atoms with Gasteiger partial charge < -0.3 is 4.57 Å². The minimum absolute atomic E-state index is 0.136.